The minimum atomic E-state index is -0.250. The van der Waals surface area contributed by atoms with Crippen molar-refractivity contribution in [2.24, 2.45) is 0 Å². The number of hydrogen-bond acceptors (Lipinski definition) is 4. The Morgan fingerprint density at radius 2 is 1.87 bits per heavy atom. The summed E-state index contributed by atoms with van der Waals surface area (Å²) in [5, 5.41) is 3.27. The highest BCUT2D eigenvalue weighted by Crippen LogP contribution is 2.46. The van der Waals surface area contributed by atoms with Gasteiger partial charge < -0.3 is 10.2 Å². The highest BCUT2D eigenvalue weighted by Gasteiger charge is 2.50. The van der Waals surface area contributed by atoms with Crippen LogP contribution in [0.2, 0.25) is 0 Å². The summed E-state index contributed by atoms with van der Waals surface area (Å²) in [4.78, 5) is 23.7. The number of benzene rings is 1. The molecule has 7 heteroatoms. The number of aromatic nitrogens is 1. The van der Waals surface area contributed by atoms with Gasteiger partial charge in [-0.1, -0.05) is 12.1 Å². The lowest BCUT2D eigenvalue weighted by molar-refractivity contribution is 0.0655. The van der Waals surface area contributed by atoms with Gasteiger partial charge in [-0.2, -0.15) is 0 Å². The van der Waals surface area contributed by atoms with Gasteiger partial charge in [-0.25, -0.2) is 14.2 Å². The molecule has 5 rings (SSSR count). The van der Waals surface area contributed by atoms with E-state index in [0.717, 1.165) is 55.8 Å². The molecule has 0 radical (unpaired) electrons. The van der Waals surface area contributed by atoms with Crippen LogP contribution in [0.15, 0.2) is 42.6 Å². The average molecular weight is 424 g/mol. The topological polar surface area (TPSA) is 51.7 Å². The van der Waals surface area contributed by atoms with Crippen molar-refractivity contribution >= 4 is 17.5 Å². The number of rotatable bonds is 4. The monoisotopic (exact) mass is 423 g/mol. The predicted octanol–water partition coefficient (Wildman–Crippen LogP) is 3.73. The summed E-state index contributed by atoms with van der Waals surface area (Å²) in [6, 6.07) is 10.9. The van der Waals surface area contributed by atoms with Gasteiger partial charge in [-0.05, 0) is 76.0 Å². The lowest BCUT2D eigenvalue weighted by atomic mass is 9.69. The Hall–Kier alpha value is -2.67. The fourth-order valence-electron chi connectivity index (χ4n) is 5.38. The fraction of sp³-hybridized carbons (Fsp3) is 0.500. The molecule has 164 valence electrons. The molecule has 3 aliphatic rings. The van der Waals surface area contributed by atoms with Crippen molar-refractivity contribution < 1.29 is 9.18 Å². The summed E-state index contributed by atoms with van der Waals surface area (Å²) in [5.41, 5.74) is 1.39. The van der Waals surface area contributed by atoms with Gasteiger partial charge in [0, 0.05) is 18.6 Å². The predicted molar refractivity (Wildman–Crippen MR) is 120 cm³/mol. The number of halogens is 1. The minimum absolute atomic E-state index is 0.0541. The third kappa shape index (κ3) is 3.45. The van der Waals surface area contributed by atoms with Crippen LogP contribution in [-0.2, 0) is 5.54 Å². The van der Waals surface area contributed by atoms with Gasteiger partial charge in [-0.3, -0.25) is 9.80 Å². The Balaban J connectivity index is 1.32. The minimum Gasteiger partial charge on any atom is -0.356 e. The van der Waals surface area contributed by atoms with Crippen LogP contribution < -0.4 is 15.1 Å². The zero-order valence-electron chi connectivity index (χ0n) is 18.3. The van der Waals surface area contributed by atoms with E-state index in [4.69, 9.17) is 0 Å². The second-order valence-electron chi connectivity index (χ2n) is 9.45. The Morgan fingerprint density at radius 1 is 1.10 bits per heavy atom. The molecule has 2 aromatic rings. The Morgan fingerprint density at radius 3 is 2.45 bits per heavy atom. The number of anilines is 2. The maximum absolute atomic E-state index is 14.0. The molecule has 0 unspecified atom stereocenters. The van der Waals surface area contributed by atoms with Gasteiger partial charge in [-0.15, -0.1) is 0 Å². The molecule has 1 aromatic carbocycles. The van der Waals surface area contributed by atoms with Crippen LogP contribution in [0.3, 0.4) is 0 Å². The van der Waals surface area contributed by atoms with Crippen molar-refractivity contribution in [3.05, 3.63) is 54.0 Å². The Kier molecular flexibility index (Phi) is 4.88. The van der Waals surface area contributed by atoms with Gasteiger partial charge in [0.25, 0.3) is 0 Å². The summed E-state index contributed by atoms with van der Waals surface area (Å²) < 4.78 is 14.0. The van der Waals surface area contributed by atoms with E-state index < -0.39 is 0 Å². The molecule has 1 saturated carbocycles. The van der Waals surface area contributed by atoms with E-state index in [1.807, 2.05) is 29.3 Å². The van der Waals surface area contributed by atoms with Crippen LogP contribution >= 0.6 is 0 Å². The third-order valence-corrected chi connectivity index (χ3v) is 7.55. The Labute approximate surface area is 183 Å². The molecular formula is C24H30FN5O. The SMILES string of the molecule is CN(C)[C@]1(c2cccc(F)c2)CC[C@@]2(CC1)CN(c1ccc(N3CCC3)nc1)C(=O)N2. The zero-order valence-corrected chi connectivity index (χ0v) is 18.3. The lowest BCUT2D eigenvalue weighted by Crippen LogP contribution is -2.54. The first-order valence-electron chi connectivity index (χ1n) is 11.2. The molecule has 3 fully saturated rings. The molecule has 1 N–H and O–H groups in total. The van der Waals surface area contributed by atoms with Crippen LogP contribution in [0.5, 0.6) is 0 Å². The number of carbonyl (C=O) groups excluding carboxylic acids is 1. The number of nitrogens with one attached hydrogen (secondary N) is 1. The van der Waals surface area contributed by atoms with Crippen LogP contribution in [-0.4, -0.2) is 55.2 Å². The van der Waals surface area contributed by atoms with Crippen molar-refractivity contribution in [1.82, 2.24) is 15.2 Å². The van der Waals surface area contributed by atoms with E-state index in [1.165, 1.54) is 12.5 Å². The first kappa shape index (κ1) is 20.2. The van der Waals surface area contributed by atoms with E-state index in [2.05, 4.69) is 34.2 Å². The molecule has 2 saturated heterocycles. The standard InChI is InChI=1S/C24H30FN5O/c1-28(2)24(18-5-3-6-19(25)15-18)11-9-23(10-12-24)17-30(22(31)27-23)20-7-8-21(26-16-20)29-13-4-14-29/h3,5-8,15-16H,4,9-14,17H2,1-2H3,(H,27,31)/t23-,24-. The first-order chi connectivity index (χ1) is 14.9. The molecule has 0 bridgehead atoms. The van der Waals surface area contributed by atoms with Crippen LogP contribution in [0, 0.1) is 5.82 Å². The second-order valence-corrected chi connectivity index (χ2v) is 9.45. The molecular weight excluding hydrogens is 393 g/mol. The van der Waals surface area contributed by atoms with E-state index in [0.29, 0.717) is 6.54 Å². The van der Waals surface area contributed by atoms with Crippen LogP contribution in [0.25, 0.3) is 0 Å². The molecule has 31 heavy (non-hydrogen) atoms. The number of amides is 2. The molecule has 0 atom stereocenters. The molecule has 6 nitrogen and oxygen atoms in total. The van der Waals surface area contributed by atoms with Gasteiger partial charge in [0.05, 0.1) is 24.0 Å². The number of hydrogen-bond donors (Lipinski definition) is 1. The molecule has 2 aliphatic heterocycles. The van der Waals surface area contributed by atoms with Gasteiger partial charge >= 0.3 is 6.03 Å². The summed E-state index contributed by atoms with van der Waals surface area (Å²) >= 11 is 0. The van der Waals surface area contributed by atoms with Gasteiger partial charge in [0.1, 0.15) is 11.6 Å². The summed E-state index contributed by atoms with van der Waals surface area (Å²) in [5.74, 6) is 0.779. The van der Waals surface area contributed by atoms with Crippen LogP contribution in [0.4, 0.5) is 20.7 Å². The molecule has 1 aromatic heterocycles. The first-order valence-corrected chi connectivity index (χ1v) is 11.2. The van der Waals surface area contributed by atoms with Gasteiger partial charge in [0.15, 0.2) is 0 Å². The van der Waals surface area contributed by atoms with Crippen LogP contribution in [0.1, 0.15) is 37.7 Å². The fourth-order valence-corrected chi connectivity index (χ4v) is 5.38. The van der Waals surface area contributed by atoms with Crippen molar-refractivity contribution in [2.45, 2.75) is 43.2 Å². The number of nitrogens with zero attached hydrogens (tertiary/aromatic N) is 4. The molecule has 1 spiro atoms. The average Bonchev–Trinajstić information content (AvgIpc) is 3.04. The normalized spacial score (nSPS) is 28.2. The molecule has 3 heterocycles. The number of urea groups is 1. The maximum atomic E-state index is 14.0. The van der Waals surface area contributed by atoms with E-state index in [1.54, 1.807) is 12.1 Å². The largest absolute Gasteiger partial charge is 0.356 e. The highest BCUT2D eigenvalue weighted by atomic mass is 19.1. The maximum Gasteiger partial charge on any atom is 0.322 e. The second kappa shape index (κ2) is 7.48. The quantitative estimate of drug-likeness (QED) is 0.814. The van der Waals surface area contributed by atoms with Crippen molar-refractivity contribution in [2.75, 3.05) is 43.5 Å². The van der Waals surface area contributed by atoms with Crippen molar-refractivity contribution in [3.8, 4) is 0 Å². The lowest BCUT2D eigenvalue weighted by Gasteiger charge is -2.48. The van der Waals surface area contributed by atoms with E-state index >= 15 is 0 Å². The van der Waals surface area contributed by atoms with Crippen molar-refractivity contribution in [3.63, 3.8) is 0 Å². The summed E-state index contributed by atoms with van der Waals surface area (Å²) in [7, 11) is 4.13. The highest BCUT2D eigenvalue weighted by molar-refractivity contribution is 5.95. The number of carbonyl (C=O) groups is 1. The Bertz CT molecular complexity index is 964. The molecule has 1 aliphatic carbocycles. The van der Waals surface area contributed by atoms with E-state index in [9.17, 15) is 9.18 Å². The summed E-state index contributed by atoms with van der Waals surface area (Å²) in [6.07, 6.45) is 6.45. The zero-order chi connectivity index (χ0) is 21.6. The number of pyridine rings is 1. The van der Waals surface area contributed by atoms with Crippen molar-refractivity contribution in [1.29, 1.82) is 0 Å². The third-order valence-electron chi connectivity index (χ3n) is 7.55. The molecule has 2 amide bonds. The summed E-state index contributed by atoms with van der Waals surface area (Å²) in [6.45, 7) is 2.75. The van der Waals surface area contributed by atoms with Gasteiger partial charge in [0.2, 0.25) is 0 Å². The van der Waals surface area contributed by atoms with E-state index in [-0.39, 0.29) is 22.9 Å². The smallest absolute Gasteiger partial charge is 0.322 e.